The van der Waals surface area contributed by atoms with Crippen molar-refractivity contribution in [2.24, 2.45) is 11.8 Å². The maximum absolute atomic E-state index is 12.6. The number of nitrogens with zero attached hydrogens (tertiary/aromatic N) is 2. The lowest BCUT2D eigenvalue weighted by molar-refractivity contribution is -0.142. The molecule has 3 N–H and O–H groups in total. The van der Waals surface area contributed by atoms with Crippen LogP contribution in [0.15, 0.2) is 53.2 Å². The average molecular weight is 476 g/mol. The van der Waals surface area contributed by atoms with Gasteiger partial charge >= 0.3 is 12.1 Å². The van der Waals surface area contributed by atoms with Crippen molar-refractivity contribution in [3.8, 4) is 11.1 Å². The molecule has 0 bridgehead atoms. The first-order chi connectivity index (χ1) is 17.0. The second-order valence-corrected chi connectivity index (χ2v) is 8.76. The van der Waals surface area contributed by atoms with E-state index in [1.165, 1.54) is 0 Å². The van der Waals surface area contributed by atoms with E-state index >= 15 is 0 Å². The molecule has 0 radical (unpaired) electrons. The number of carbonyl (C=O) groups excluding carboxylic acids is 2. The fraction of sp³-hybridized carbons (Fsp3) is 0.320. The van der Waals surface area contributed by atoms with Crippen LogP contribution in [0.3, 0.4) is 0 Å². The van der Waals surface area contributed by atoms with Crippen molar-refractivity contribution in [3.63, 3.8) is 0 Å². The summed E-state index contributed by atoms with van der Waals surface area (Å²) in [7, 11) is 0. The van der Waals surface area contributed by atoms with E-state index < -0.39 is 23.9 Å². The Kier molecular flexibility index (Phi) is 6.17. The van der Waals surface area contributed by atoms with E-state index in [1.54, 1.807) is 0 Å². The molecule has 0 spiro atoms. The third-order valence-corrected chi connectivity index (χ3v) is 6.77. The highest BCUT2D eigenvalue weighted by Gasteiger charge is 2.34. The number of aromatic nitrogens is 2. The number of anilines is 1. The van der Waals surface area contributed by atoms with Crippen molar-refractivity contribution in [2.75, 3.05) is 18.5 Å². The van der Waals surface area contributed by atoms with Crippen LogP contribution in [0.25, 0.3) is 11.1 Å². The van der Waals surface area contributed by atoms with E-state index in [2.05, 4.69) is 25.6 Å². The molecule has 10 heteroatoms. The van der Waals surface area contributed by atoms with Crippen LogP contribution in [0, 0.1) is 11.8 Å². The minimum Gasteiger partial charge on any atom is -0.481 e. The predicted octanol–water partition coefficient (Wildman–Crippen LogP) is 3.66. The van der Waals surface area contributed by atoms with Crippen LogP contribution in [0.5, 0.6) is 0 Å². The first kappa shape index (κ1) is 22.6. The molecule has 0 aliphatic heterocycles. The van der Waals surface area contributed by atoms with E-state index in [9.17, 15) is 19.5 Å². The Morgan fingerprint density at radius 2 is 1.69 bits per heavy atom. The summed E-state index contributed by atoms with van der Waals surface area (Å²) in [6.07, 6.45) is 1.32. The number of hydrogen-bond acceptors (Lipinski definition) is 7. The van der Waals surface area contributed by atoms with Crippen LogP contribution in [0.4, 0.5) is 10.6 Å². The molecule has 2 amide bonds. The fourth-order valence-electron chi connectivity index (χ4n) is 5.06. The topological polar surface area (TPSA) is 144 Å². The van der Waals surface area contributed by atoms with Crippen LogP contribution in [0.2, 0.25) is 0 Å². The van der Waals surface area contributed by atoms with Gasteiger partial charge in [0, 0.05) is 12.5 Å². The molecule has 0 saturated heterocycles. The normalized spacial score (nSPS) is 18.5. The van der Waals surface area contributed by atoms with Crippen LogP contribution in [0.1, 0.15) is 46.8 Å². The maximum atomic E-state index is 12.6. The Hall–Kier alpha value is -4.21. The van der Waals surface area contributed by atoms with Gasteiger partial charge in [-0.05, 0) is 51.3 Å². The third kappa shape index (κ3) is 4.46. The van der Waals surface area contributed by atoms with Gasteiger partial charge in [-0.3, -0.25) is 14.9 Å². The van der Waals surface area contributed by atoms with Crippen molar-refractivity contribution in [3.05, 3.63) is 65.4 Å². The van der Waals surface area contributed by atoms with Gasteiger partial charge in [-0.2, -0.15) is 0 Å². The number of carboxylic acid groups (broad SMARTS) is 1. The zero-order valence-corrected chi connectivity index (χ0v) is 18.8. The quantitative estimate of drug-likeness (QED) is 0.469. The van der Waals surface area contributed by atoms with Gasteiger partial charge in [0.05, 0.1) is 5.92 Å². The average Bonchev–Trinajstić information content (AvgIpc) is 3.59. The summed E-state index contributed by atoms with van der Waals surface area (Å²) < 4.78 is 10.1. The number of carboxylic acids is 1. The number of ether oxygens (including phenoxy) is 1. The Bertz CT molecular complexity index is 1230. The molecule has 3 aromatic rings. The molecule has 10 nitrogen and oxygen atoms in total. The molecule has 2 aliphatic rings. The van der Waals surface area contributed by atoms with Gasteiger partial charge in [0.25, 0.3) is 5.91 Å². The molecule has 0 unspecified atom stereocenters. The lowest BCUT2D eigenvalue weighted by Crippen LogP contribution is -2.33. The first-order valence-corrected chi connectivity index (χ1v) is 11.5. The summed E-state index contributed by atoms with van der Waals surface area (Å²) in [5.74, 6) is -2.39. The Balaban J connectivity index is 1.19. The molecule has 1 saturated carbocycles. The van der Waals surface area contributed by atoms with Crippen LogP contribution in [-0.4, -0.2) is 46.5 Å². The highest BCUT2D eigenvalue weighted by Crippen LogP contribution is 2.44. The number of amides is 2. The molecule has 2 aromatic carbocycles. The Morgan fingerprint density at radius 3 is 2.37 bits per heavy atom. The lowest BCUT2D eigenvalue weighted by atomic mass is 9.96. The van der Waals surface area contributed by atoms with E-state index in [0.29, 0.717) is 6.42 Å². The summed E-state index contributed by atoms with van der Waals surface area (Å²) >= 11 is 0. The molecule has 1 heterocycles. The summed E-state index contributed by atoms with van der Waals surface area (Å²) in [6, 6.07) is 16.0. The highest BCUT2D eigenvalue weighted by molar-refractivity contribution is 5.99. The van der Waals surface area contributed by atoms with Crippen molar-refractivity contribution in [1.29, 1.82) is 0 Å². The Morgan fingerprint density at radius 1 is 1.00 bits per heavy atom. The van der Waals surface area contributed by atoms with Crippen molar-refractivity contribution in [1.82, 2.24) is 15.6 Å². The van der Waals surface area contributed by atoms with Gasteiger partial charge in [-0.25, -0.2) is 9.42 Å². The zero-order chi connectivity index (χ0) is 24.4. The van der Waals surface area contributed by atoms with Crippen LogP contribution < -0.4 is 10.6 Å². The summed E-state index contributed by atoms with van der Waals surface area (Å²) in [4.78, 5) is 36.4. The molecule has 1 fully saturated rings. The summed E-state index contributed by atoms with van der Waals surface area (Å²) in [5, 5.41) is 21.6. The maximum Gasteiger partial charge on any atom is 0.412 e. The smallest absolute Gasteiger partial charge is 0.412 e. The number of carbonyl (C=O) groups is 3. The van der Waals surface area contributed by atoms with E-state index in [4.69, 9.17) is 4.74 Å². The lowest BCUT2D eigenvalue weighted by Gasteiger charge is -2.16. The van der Waals surface area contributed by atoms with Gasteiger partial charge in [0.1, 0.15) is 6.61 Å². The molecule has 5 rings (SSSR count). The highest BCUT2D eigenvalue weighted by atomic mass is 16.6. The standard InChI is InChI=1S/C25H24N4O6/c30-23(26-12-14-6-5-11-15(14)24(31)32)21-22(29-35-28-21)27-25(33)34-13-20-18-9-3-1-7-16(18)17-8-2-4-10-19(17)20/h1-4,7-10,14-15,20H,5-6,11-13H2,(H,26,30)(H,31,32)(H,27,29,33)/t14-,15-/m1/s1. The van der Waals surface area contributed by atoms with Crippen LogP contribution >= 0.6 is 0 Å². The van der Waals surface area contributed by atoms with Gasteiger partial charge < -0.3 is 15.2 Å². The second kappa shape index (κ2) is 9.57. The van der Waals surface area contributed by atoms with Crippen molar-refractivity contribution in [2.45, 2.75) is 25.2 Å². The summed E-state index contributed by atoms with van der Waals surface area (Å²) in [6.45, 7) is 0.290. The molecule has 180 valence electrons. The van der Waals surface area contributed by atoms with Crippen molar-refractivity contribution < 1.29 is 28.9 Å². The van der Waals surface area contributed by atoms with E-state index in [1.807, 2.05) is 48.5 Å². The molecule has 2 atom stereocenters. The van der Waals surface area contributed by atoms with Gasteiger partial charge in [0.15, 0.2) is 0 Å². The van der Waals surface area contributed by atoms with E-state index in [0.717, 1.165) is 35.1 Å². The number of fused-ring (bicyclic) bond motifs is 3. The molecule has 35 heavy (non-hydrogen) atoms. The number of aliphatic carboxylic acids is 1. The zero-order valence-electron chi connectivity index (χ0n) is 18.8. The minimum absolute atomic E-state index is 0.102. The fourth-order valence-corrected chi connectivity index (χ4v) is 5.06. The number of nitrogens with one attached hydrogen (secondary N) is 2. The second-order valence-electron chi connectivity index (χ2n) is 8.76. The molecule has 2 aliphatic carbocycles. The minimum atomic E-state index is -0.859. The van der Waals surface area contributed by atoms with E-state index in [-0.39, 0.29) is 36.5 Å². The SMILES string of the molecule is O=C(Nc1nonc1C(=O)NC[C@H]1CCC[C@H]1C(=O)O)OCC1c2ccccc2-c2ccccc21. The van der Waals surface area contributed by atoms with Crippen molar-refractivity contribution >= 4 is 23.8 Å². The van der Waals surface area contributed by atoms with Gasteiger partial charge in [0.2, 0.25) is 11.5 Å². The number of rotatable bonds is 7. The molecule has 1 aromatic heterocycles. The predicted molar refractivity (Wildman–Crippen MR) is 124 cm³/mol. The van der Waals surface area contributed by atoms with Crippen LogP contribution in [-0.2, 0) is 9.53 Å². The summed E-state index contributed by atoms with van der Waals surface area (Å²) in [5.41, 5.74) is 4.18. The Labute approximate surface area is 200 Å². The molecular formula is C25H24N4O6. The first-order valence-electron chi connectivity index (χ1n) is 11.5. The largest absolute Gasteiger partial charge is 0.481 e. The monoisotopic (exact) mass is 476 g/mol. The third-order valence-electron chi connectivity index (χ3n) is 6.77. The number of benzene rings is 2. The number of hydrogen-bond donors (Lipinski definition) is 3. The molecular weight excluding hydrogens is 452 g/mol. The van der Waals surface area contributed by atoms with Gasteiger partial charge in [-0.1, -0.05) is 55.0 Å². The van der Waals surface area contributed by atoms with Gasteiger partial charge in [-0.15, -0.1) is 0 Å².